The zero-order valence-corrected chi connectivity index (χ0v) is 17.1. The molecule has 3 aromatic rings. The lowest BCUT2D eigenvalue weighted by molar-refractivity contribution is -0.384. The molecule has 1 amide bonds. The van der Waals surface area contributed by atoms with Gasteiger partial charge in [0.2, 0.25) is 11.6 Å². The lowest BCUT2D eigenvalue weighted by atomic mass is 10.1. The van der Waals surface area contributed by atoms with E-state index in [4.69, 9.17) is 5.73 Å². The second kappa shape index (κ2) is 8.89. The number of carbonyl (C=O) groups excluding carboxylic acids is 1. The topological polar surface area (TPSA) is 183 Å². The van der Waals surface area contributed by atoms with Crippen LogP contribution in [0, 0.1) is 10.1 Å². The molecule has 1 aliphatic heterocycles. The quantitative estimate of drug-likeness (QED) is 0.304. The van der Waals surface area contributed by atoms with Crippen molar-refractivity contribution in [2.45, 2.75) is 26.3 Å². The smallest absolute Gasteiger partial charge is 0.292 e. The molecular formula is C18H20N10O4. The number of nitrogens with zero attached hydrogens (tertiary/aromatic N) is 8. The molecule has 0 radical (unpaired) electrons. The molecule has 3 heterocycles. The van der Waals surface area contributed by atoms with E-state index in [1.165, 1.54) is 12.1 Å². The van der Waals surface area contributed by atoms with Crippen LogP contribution in [0.2, 0.25) is 0 Å². The summed E-state index contributed by atoms with van der Waals surface area (Å²) in [6.45, 7) is 3.83. The highest BCUT2D eigenvalue weighted by Crippen LogP contribution is 2.19. The van der Waals surface area contributed by atoms with Crippen molar-refractivity contribution in [1.29, 1.82) is 0 Å². The summed E-state index contributed by atoms with van der Waals surface area (Å²) in [5.41, 5.74) is 9.55. The zero-order chi connectivity index (χ0) is 22.7. The number of hydrogen-bond acceptors (Lipinski definition) is 11. The molecular weight excluding hydrogens is 420 g/mol. The molecule has 0 aliphatic carbocycles. The van der Waals surface area contributed by atoms with Crippen LogP contribution in [0.25, 0.3) is 5.82 Å². The molecule has 1 fully saturated rings. The Morgan fingerprint density at radius 3 is 2.81 bits per heavy atom. The maximum Gasteiger partial charge on any atom is 0.292 e. The van der Waals surface area contributed by atoms with Gasteiger partial charge in [-0.05, 0) is 43.2 Å². The van der Waals surface area contributed by atoms with E-state index in [1.807, 2.05) is 0 Å². The molecule has 0 bridgehead atoms. The van der Waals surface area contributed by atoms with E-state index in [9.17, 15) is 14.9 Å². The van der Waals surface area contributed by atoms with Crippen LogP contribution in [0.15, 0.2) is 34.0 Å². The second-order valence-corrected chi connectivity index (χ2v) is 7.20. The number of hydrogen-bond donors (Lipinski definition) is 2. The molecule has 0 atom stereocenters. The normalized spacial score (nSPS) is 14.6. The van der Waals surface area contributed by atoms with Crippen LogP contribution in [-0.4, -0.2) is 59.8 Å². The number of nitrogens with one attached hydrogen (secondary N) is 1. The highest BCUT2D eigenvalue weighted by Gasteiger charge is 2.27. The summed E-state index contributed by atoms with van der Waals surface area (Å²) in [7, 11) is 0. The van der Waals surface area contributed by atoms with Crippen LogP contribution < -0.4 is 11.2 Å². The predicted molar refractivity (Wildman–Crippen MR) is 111 cm³/mol. The Kier molecular flexibility index (Phi) is 5.85. The first-order chi connectivity index (χ1) is 15.4. The second-order valence-electron chi connectivity index (χ2n) is 7.20. The number of aromatic nitrogens is 5. The summed E-state index contributed by atoms with van der Waals surface area (Å²) in [4.78, 5) is 25.7. The molecule has 14 nitrogen and oxygen atoms in total. The first-order valence-corrected chi connectivity index (χ1v) is 9.79. The Morgan fingerprint density at radius 1 is 1.34 bits per heavy atom. The summed E-state index contributed by atoms with van der Waals surface area (Å²) >= 11 is 0. The molecule has 3 N–H and O–H groups in total. The zero-order valence-electron chi connectivity index (χ0n) is 17.1. The fourth-order valence-corrected chi connectivity index (χ4v) is 3.38. The molecule has 0 saturated carbocycles. The third kappa shape index (κ3) is 4.29. The van der Waals surface area contributed by atoms with Crippen LogP contribution in [0.4, 0.5) is 11.5 Å². The van der Waals surface area contributed by atoms with Gasteiger partial charge in [0.05, 0.1) is 10.6 Å². The van der Waals surface area contributed by atoms with Crippen LogP contribution in [-0.2, 0) is 6.54 Å². The predicted octanol–water partition coefficient (Wildman–Crippen LogP) is 0.891. The Morgan fingerprint density at radius 2 is 2.12 bits per heavy atom. The number of likely N-dealkylation sites (tertiary alicyclic amines) is 1. The third-order valence-electron chi connectivity index (χ3n) is 5.02. The van der Waals surface area contributed by atoms with E-state index >= 15 is 0 Å². The number of amides is 1. The van der Waals surface area contributed by atoms with Crippen molar-refractivity contribution in [3.63, 3.8) is 0 Å². The van der Waals surface area contributed by atoms with Crippen LogP contribution in [0.3, 0.4) is 0 Å². The van der Waals surface area contributed by atoms with Gasteiger partial charge in [-0.1, -0.05) is 17.3 Å². The van der Waals surface area contributed by atoms with Gasteiger partial charge in [-0.15, -0.1) is 5.10 Å². The maximum absolute atomic E-state index is 13.1. The van der Waals surface area contributed by atoms with Crippen LogP contribution in [0.1, 0.15) is 41.5 Å². The van der Waals surface area contributed by atoms with E-state index in [0.29, 0.717) is 23.5 Å². The fourth-order valence-electron chi connectivity index (χ4n) is 3.38. The van der Waals surface area contributed by atoms with Gasteiger partial charge < -0.3 is 5.73 Å². The Bertz CT molecular complexity index is 1180. The van der Waals surface area contributed by atoms with E-state index in [0.717, 1.165) is 30.6 Å². The number of carbonyl (C=O) groups is 1. The largest absolute Gasteiger partial charge is 0.378 e. The molecule has 2 aromatic heterocycles. The molecule has 32 heavy (non-hydrogen) atoms. The van der Waals surface area contributed by atoms with Gasteiger partial charge in [0.15, 0.2) is 5.69 Å². The van der Waals surface area contributed by atoms with Gasteiger partial charge in [-0.25, -0.2) is 10.1 Å². The Labute approximate surface area is 181 Å². The minimum Gasteiger partial charge on any atom is -0.378 e. The number of anilines is 1. The number of hydrazone groups is 1. The van der Waals surface area contributed by atoms with Crippen molar-refractivity contribution in [2.75, 3.05) is 18.8 Å². The van der Waals surface area contributed by atoms with E-state index < -0.39 is 10.8 Å². The fraction of sp³-hybridized carbons (Fsp3) is 0.333. The number of nitro benzene ring substituents is 1. The molecule has 0 spiro atoms. The monoisotopic (exact) mass is 440 g/mol. The summed E-state index contributed by atoms with van der Waals surface area (Å²) in [6.07, 6.45) is 2.14. The minimum atomic E-state index is -0.601. The lowest BCUT2D eigenvalue weighted by Gasteiger charge is -2.13. The first-order valence-electron chi connectivity index (χ1n) is 9.79. The SMILES string of the molecule is C/C(=N\NC(=O)c1c(CN2CCCC2)nnn1-c1nonc1N)c1cccc([N+](=O)[O-])c1. The molecule has 1 aromatic carbocycles. The first kappa shape index (κ1) is 21.0. The number of nitrogen functional groups attached to an aromatic ring is 1. The average molecular weight is 440 g/mol. The highest BCUT2D eigenvalue weighted by atomic mass is 16.6. The van der Waals surface area contributed by atoms with Crippen molar-refractivity contribution in [3.8, 4) is 5.82 Å². The van der Waals surface area contributed by atoms with Crippen LogP contribution in [0.5, 0.6) is 0 Å². The summed E-state index contributed by atoms with van der Waals surface area (Å²) < 4.78 is 5.78. The molecule has 166 valence electrons. The standard InChI is InChI=1S/C18H20N10O4/c1-11(12-5-4-6-13(9-12)28(30)31)20-22-18(29)15-14(10-26-7-2-3-8-26)21-25-27(15)17-16(19)23-32-24-17/h4-6,9H,2-3,7-8,10H2,1H3,(H2,19,23)(H,22,29)/b20-11+. The number of nitro groups is 1. The highest BCUT2D eigenvalue weighted by molar-refractivity contribution is 6.01. The van der Waals surface area contributed by atoms with Gasteiger partial charge in [0.1, 0.15) is 5.69 Å². The van der Waals surface area contributed by atoms with Gasteiger partial charge >= 0.3 is 0 Å². The molecule has 4 rings (SSSR count). The van der Waals surface area contributed by atoms with E-state index in [-0.39, 0.29) is 23.0 Å². The number of rotatable bonds is 7. The van der Waals surface area contributed by atoms with Crippen molar-refractivity contribution in [3.05, 3.63) is 51.3 Å². The summed E-state index contributed by atoms with van der Waals surface area (Å²) in [6, 6.07) is 5.95. The van der Waals surface area contributed by atoms with Crippen molar-refractivity contribution >= 4 is 23.1 Å². The van der Waals surface area contributed by atoms with Gasteiger partial charge in [0.25, 0.3) is 11.6 Å². The summed E-state index contributed by atoms with van der Waals surface area (Å²) in [5, 5.41) is 30.5. The maximum atomic E-state index is 13.1. The molecule has 14 heteroatoms. The molecule has 1 aliphatic rings. The number of nitrogens with two attached hydrogens (primary N) is 1. The average Bonchev–Trinajstić information content (AvgIpc) is 3.53. The van der Waals surface area contributed by atoms with Gasteiger partial charge in [-0.3, -0.25) is 19.8 Å². The van der Waals surface area contributed by atoms with Gasteiger partial charge in [0, 0.05) is 24.2 Å². The minimum absolute atomic E-state index is 0.0368. The van der Waals surface area contributed by atoms with Crippen molar-refractivity contribution in [2.24, 2.45) is 5.10 Å². The molecule has 1 saturated heterocycles. The summed E-state index contributed by atoms with van der Waals surface area (Å²) in [5.74, 6) is -0.612. The van der Waals surface area contributed by atoms with Crippen molar-refractivity contribution in [1.82, 2.24) is 35.6 Å². The number of non-ortho nitro benzene ring substituents is 1. The Hall–Kier alpha value is -4.20. The van der Waals surface area contributed by atoms with Crippen molar-refractivity contribution < 1.29 is 14.3 Å². The third-order valence-corrected chi connectivity index (χ3v) is 5.02. The lowest BCUT2D eigenvalue weighted by Crippen LogP contribution is -2.26. The van der Waals surface area contributed by atoms with E-state index in [1.54, 1.807) is 19.1 Å². The molecule has 0 unspecified atom stereocenters. The van der Waals surface area contributed by atoms with Crippen LogP contribution >= 0.6 is 0 Å². The Balaban J connectivity index is 1.62. The van der Waals surface area contributed by atoms with E-state index in [2.05, 4.69) is 40.7 Å². The van der Waals surface area contributed by atoms with Gasteiger partial charge in [-0.2, -0.15) is 9.78 Å². The number of benzene rings is 1.